The second-order valence-electron chi connectivity index (χ2n) is 4.92. The number of anilines is 1. The van der Waals surface area contributed by atoms with E-state index in [0.717, 1.165) is 5.01 Å². The van der Waals surface area contributed by atoms with Crippen LogP contribution in [-0.2, 0) is 14.9 Å². The van der Waals surface area contributed by atoms with Crippen molar-refractivity contribution in [3.05, 3.63) is 30.3 Å². The van der Waals surface area contributed by atoms with Gasteiger partial charge in [-0.3, -0.25) is 9.35 Å². The van der Waals surface area contributed by atoms with Gasteiger partial charge in [0.1, 0.15) is 11.2 Å². The Morgan fingerprint density at radius 2 is 1.86 bits per heavy atom. The molecular formula is C13H16N2O5S. The van der Waals surface area contributed by atoms with E-state index in [0.29, 0.717) is 5.69 Å². The van der Waals surface area contributed by atoms with Crippen molar-refractivity contribution < 1.29 is 22.9 Å². The van der Waals surface area contributed by atoms with Gasteiger partial charge in [0.05, 0.1) is 11.8 Å². The summed E-state index contributed by atoms with van der Waals surface area (Å²) in [7, 11) is -4.60. The lowest BCUT2D eigenvalue weighted by Crippen LogP contribution is -2.45. The fourth-order valence-electron chi connectivity index (χ4n) is 2.41. The van der Waals surface area contributed by atoms with Crippen LogP contribution in [0.2, 0.25) is 0 Å². The summed E-state index contributed by atoms with van der Waals surface area (Å²) in [4.78, 5) is 12.4. The van der Waals surface area contributed by atoms with E-state index in [-0.39, 0.29) is 5.71 Å². The minimum Gasteiger partial charge on any atom is -0.392 e. The highest BCUT2D eigenvalue weighted by molar-refractivity contribution is 7.86. The SMILES string of the molecule is CC1=NN(c2ccccc2)C(=O)C1[C@@H]([C@@H](C)O)S(=O)(=O)O. The molecular weight excluding hydrogens is 296 g/mol. The van der Waals surface area contributed by atoms with E-state index in [9.17, 15) is 22.9 Å². The molecule has 0 saturated heterocycles. The predicted octanol–water partition coefficient (Wildman–Crippen LogP) is 0.663. The van der Waals surface area contributed by atoms with Crippen LogP contribution in [0.5, 0.6) is 0 Å². The number of carbonyl (C=O) groups is 1. The number of carbonyl (C=O) groups excluding carboxylic acids is 1. The molecule has 0 saturated carbocycles. The zero-order valence-electron chi connectivity index (χ0n) is 11.5. The van der Waals surface area contributed by atoms with Crippen molar-refractivity contribution in [2.75, 3.05) is 5.01 Å². The van der Waals surface area contributed by atoms with Crippen molar-refractivity contribution in [1.82, 2.24) is 0 Å². The molecule has 2 rings (SSSR count). The molecule has 3 atom stereocenters. The maximum absolute atomic E-state index is 12.4. The Kier molecular flexibility index (Phi) is 4.13. The first-order chi connectivity index (χ1) is 9.73. The molecule has 114 valence electrons. The van der Waals surface area contributed by atoms with Crippen molar-refractivity contribution in [1.29, 1.82) is 0 Å². The molecule has 1 aliphatic heterocycles. The van der Waals surface area contributed by atoms with Crippen LogP contribution in [0.4, 0.5) is 5.69 Å². The Hall–Kier alpha value is -1.77. The zero-order chi connectivity index (χ0) is 15.8. The van der Waals surface area contributed by atoms with Crippen LogP contribution in [-0.4, -0.2) is 41.0 Å². The lowest BCUT2D eigenvalue weighted by atomic mass is 9.97. The molecule has 0 fully saturated rings. The molecule has 0 radical (unpaired) electrons. The third kappa shape index (κ3) is 2.97. The molecule has 0 aromatic heterocycles. The maximum atomic E-state index is 12.4. The van der Waals surface area contributed by atoms with E-state index in [1.807, 2.05) is 0 Å². The van der Waals surface area contributed by atoms with Crippen LogP contribution in [0.3, 0.4) is 0 Å². The summed E-state index contributed by atoms with van der Waals surface area (Å²) in [5.74, 6) is -1.80. The van der Waals surface area contributed by atoms with Gasteiger partial charge in [0.2, 0.25) is 0 Å². The lowest BCUT2D eigenvalue weighted by Gasteiger charge is -2.22. The van der Waals surface area contributed by atoms with Crippen LogP contribution in [0.25, 0.3) is 0 Å². The van der Waals surface area contributed by atoms with Gasteiger partial charge in [-0.15, -0.1) is 0 Å². The molecule has 0 aliphatic carbocycles. The second-order valence-corrected chi connectivity index (χ2v) is 6.50. The van der Waals surface area contributed by atoms with Gasteiger partial charge in [0, 0.05) is 5.71 Å². The fourth-order valence-corrected chi connectivity index (χ4v) is 3.57. The van der Waals surface area contributed by atoms with Crippen molar-refractivity contribution in [3.8, 4) is 0 Å². The number of benzene rings is 1. The molecule has 2 N–H and O–H groups in total. The third-order valence-corrected chi connectivity index (χ3v) is 4.69. The maximum Gasteiger partial charge on any atom is 0.271 e. The highest BCUT2D eigenvalue weighted by Gasteiger charge is 2.47. The fraction of sp³-hybridized carbons (Fsp3) is 0.385. The quantitative estimate of drug-likeness (QED) is 0.794. The highest BCUT2D eigenvalue weighted by Crippen LogP contribution is 2.29. The van der Waals surface area contributed by atoms with Crippen molar-refractivity contribution in [2.45, 2.75) is 25.2 Å². The molecule has 8 heteroatoms. The molecule has 0 bridgehead atoms. The summed E-state index contributed by atoms with van der Waals surface area (Å²) >= 11 is 0. The summed E-state index contributed by atoms with van der Waals surface area (Å²) in [6.45, 7) is 2.70. The van der Waals surface area contributed by atoms with E-state index in [2.05, 4.69) is 5.10 Å². The molecule has 1 aromatic rings. The first-order valence-electron chi connectivity index (χ1n) is 6.32. The summed E-state index contributed by atoms with van der Waals surface area (Å²) in [6.07, 6.45) is -1.41. The number of para-hydroxylation sites is 1. The van der Waals surface area contributed by atoms with Gasteiger partial charge in [-0.1, -0.05) is 18.2 Å². The average molecular weight is 312 g/mol. The Bertz CT molecular complexity index is 669. The number of hydrogen-bond acceptors (Lipinski definition) is 5. The minimum atomic E-state index is -4.60. The Labute approximate surface area is 122 Å². The zero-order valence-corrected chi connectivity index (χ0v) is 12.4. The number of aliphatic hydroxyl groups is 1. The number of aliphatic hydroxyl groups excluding tert-OH is 1. The Morgan fingerprint density at radius 1 is 1.29 bits per heavy atom. The largest absolute Gasteiger partial charge is 0.392 e. The number of amides is 1. The van der Waals surface area contributed by atoms with Crippen molar-refractivity contribution >= 4 is 27.4 Å². The Morgan fingerprint density at radius 3 is 2.33 bits per heavy atom. The van der Waals surface area contributed by atoms with Gasteiger partial charge >= 0.3 is 0 Å². The summed E-state index contributed by atoms with van der Waals surface area (Å²) in [5.41, 5.74) is 0.719. The molecule has 0 spiro atoms. The van der Waals surface area contributed by atoms with Gasteiger partial charge in [0.25, 0.3) is 16.0 Å². The van der Waals surface area contributed by atoms with Gasteiger partial charge < -0.3 is 5.11 Å². The van der Waals surface area contributed by atoms with E-state index in [4.69, 9.17) is 0 Å². The van der Waals surface area contributed by atoms with E-state index >= 15 is 0 Å². The van der Waals surface area contributed by atoms with Crippen LogP contribution >= 0.6 is 0 Å². The molecule has 1 unspecified atom stereocenters. The summed E-state index contributed by atoms with van der Waals surface area (Å²) < 4.78 is 32.2. The second kappa shape index (κ2) is 5.55. The average Bonchev–Trinajstić information content (AvgIpc) is 2.66. The standard InChI is InChI=1S/C13H16N2O5S/c1-8-11(12(9(2)16)21(18,19)20)13(17)15(14-8)10-6-4-3-5-7-10/h3-7,9,11-12,16H,1-2H3,(H,18,19,20)/t9-,11?,12-/m1/s1. The third-order valence-electron chi connectivity index (χ3n) is 3.33. The Balaban J connectivity index is 2.41. The smallest absolute Gasteiger partial charge is 0.271 e. The number of nitrogens with zero attached hydrogens (tertiary/aromatic N) is 2. The number of hydrazone groups is 1. The van der Waals surface area contributed by atoms with Gasteiger partial charge in [-0.05, 0) is 26.0 Å². The molecule has 1 aromatic carbocycles. The topological polar surface area (TPSA) is 107 Å². The molecule has 1 aliphatic rings. The van der Waals surface area contributed by atoms with Crippen LogP contribution in [0.15, 0.2) is 35.4 Å². The van der Waals surface area contributed by atoms with E-state index in [1.165, 1.54) is 13.8 Å². The van der Waals surface area contributed by atoms with Gasteiger partial charge in [-0.2, -0.15) is 13.5 Å². The monoisotopic (exact) mass is 312 g/mol. The summed E-state index contributed by atoms with van der Waals surface area (Å²) in [5, 5.41) is 13.1. The molecule has 21 heavy (non-hydrogen) atoms. The normalized spacial score (nSPS) is 22.1. The van der Waals surface area contributed by atoms with E-state index in [1.54, 1.807) is 30.3 Å². The number of hydrogen-bond donors (Lipinski definition) is 2. The number of rotatable bonds is 4. The van der Waals surface area contributed by atoms with Crippen LogP contribution in [0.1, 0.15) is 13.8 Å². The van der Waals surface area contributed by atoms with Gasteiger partial charge in [0.15, 0.2) is 0 Å². The first kappa shape index (κ1) is 15.6. The highest BCUT2D eigenvalue weighted by atomic mass is 32.2. The lowest BCUT2D eigenvalue weighted by molar-refractivity contribution is -0.120. The van der Waals surface area contributed by atoms with Gasteiger partial charge in [-0.25, -0.2) is 5.01 Å². The van der Waals surface area contributed by atoms with Crippen molar-refractivity contribution in [3.63, 3.8) is 0 Å². The predicted molar refractivity (Wildman–Crippen MR) is 77.5 cm³/mol. The molecule has 7 nitrogen and oxygen atoms in total. The molecule has 1 heterocycles. The summed E-state index contributed by atoms with van der Waals surface area (Å²) in [6, 6.07) is 8.52. The minimum absolute atomic E-state index is 0.229. The molecule has 1 amide bonds. The van der Waals surface area contributed by atoms with Crippen LogP contribution < -0.4 is 5.01 Å². The van der Waals surface area contributed by atoms with Crippen LogP contribution in [0, 0.1) is 5.92 Å². The first-order valence-corrected chi connectivity index (χ1v) is 7.82. The van der Waals surface area contributed by atoms with E-state index < -0.39 is 33.3 Å². The van der Waals surface area contributed by atoms with Crippen molar-refractivity contribution in [2.24, 2.45) is 11.0 Å².